The molecule has 1 saturated heterocycles. The van der Waals surface area contributed by atoms with Crippen LogP contribution in [0.5, 0.6) is 5.75 Å². The van der Waals surface area contributed by atoms with Gasteiger partial charge in [-0.3, -0.25) is 4.79 Å². The van der Waals surface area contributed by atoms with Crippen molar-refractivity contribution in [3.8, 4) is 5.75 Å². The van der Waals surface area contributed by atoms with Crippen LogP contribution in [0.4, 0.5) is 4.79 Å². The Hall–Kier alpha value is -2.24. The Bertz CT molecular complexity index is 595. The molecule has 1 heterocycles. The minimum Gasteiger partial charge on any atom is -0.507 e. The number of phenolic OH excluding ortho intramolecular Hbond substituents is 1. The van der Waals surface area contributed by atoms with E-state index >= 15 is 0 Å². The molecule has 0 aliphatic carbocycles. The van der Waals surface area contributed by atoms with Crippen molar-refractivity contribution in [3.63, 3.8) is 0 Å². The lowest BCUT2D eigenvalue weighted by molar-refractivity contribution is 0.00985. The van der Waals surface area contributed by atoms with E-state index in [0.29, 0.717) is 13.1 Å². The van der Waals surface area contributed by atoms with Gasteiger partial charge in [0.1, 0.15) is 11.4 Å². The summed E-state index contributed by atoms with van der Waals surface area (Å²) in [6, 6.07) is 6.31. The first-order valence-electron chi connectivity index (χ1n) is 8.34. The number of hydrogen-bond acceptors (Lipinski definition) is 4. The summed E-state index contributed by atoms with van der Waals surface area (Å²) in [5.74, 6) is -0.398. The molecule has 0 aromatic heterocycles. The maximum atomic E-state index is 12.3. The summed E-state index contributed by atoms with van der Waals surface area (Å²) < 4.78 is 5.45. The lowest BCUT2D eigenvalue weighted by atomic mass is 10.0. The van der Waals surface area contributed by atoms with Crippen molar-refractivity contribution in [3.05, 3.63) is 29.8 Å². The monoisotopic (exact) mass is 334 g/mol. The number of aromatic hydroxyl groups is 1. The second kappa shape index (κ2) is 7.55. The van der Waals surface area contributed by atoms with Crippen LogP contribution in [0.3, 0.4) is 0 Å². The van der Waals surface area contributed by atoms with Crippen molar-refractivity contribution in [2.24, 2.45) is 0 Å². The number of ether oxygens (including phenoxy) is 1. The highest BCUT2D eigenvalue weighted by atomic mass is 16.6. The molecule has 0 spiro atoms. The summed E-state index contributed by atoms with van der Waals surface area (Å²) >= 11 is 0. The highest BCUT2D eigenvalue weighted by Gasteiger charge is 2.30. The summed E-state index contributed by atoms with van der Waals surface area (Å²) in [4.78, 5) is 26.2. The molecule has 1 aromatic carbocycles. The van der Waals surface area contributed by atoms with Crippen LogP contribution < -0.4 is 5.32 Å². The molecule has 1 aromatic rings. The Morgan fingerprint density at radius 1 is 1.29 bits per heavy atom. The van der Waals surface area contributed by atoms with E-state index < -0.39 is 5.60 Å². The van der Waals surface area contributed by atoms with Crippen LogP contribution in [0.25, 0.3) is 0 Å². The van der Waals surface area contributed by atoms with Gasteiger partial charge in [0.25, 0.3) is 5.91 Å². The third-order valence-corrected chi connectivity index (χ3v) is 3.90. The number of nitrogens with one attached hydrogen (secondary N) is 1. The van der Waals surface area contributed by atoms with Crippen LogP contribution in [-0.2, 0) is 4.74 Å². The zero-order chi connectivity index (χ0) is 17.7. The average molecular weight is 334 g/mol. The predicted molar refractivity (Wildman–Crippen MR) is 91.0 cm³/mol. The first-order valence-corrected chi connectivity index (χ1v) is 8.34. The number of benzene rings is 1. The predicted octanol–water partition coefficient (Wildman–Crippen LogP) is 2.91. The van der Waals surface area contributed by atoms with E-state index in [9.17, 15) is 14.7 Å². The SMILES string of the molecule is CC(C)(C)OC(=O)N1CCCC[C@H]1CNC(=O)c1ccccc1O. The number of nitrogens with zero attached hydrogens (tertiary/aromatic N) is 1. The third kappa shape index (κ3) is 4.88. The lowest BCUT2D eigenvalue weighted by Gasteiger charge is -2.36. The summed E-state index contributed by atoms with van der Waals surface area (Å²) in [5.41, 5.74) is -0.310. The van der Waals surface area contributed by atoms with Crippen LogP contribution >= 0.6 is 0 Å². The number of carbonyl (C=O) groups excluding carboxylic acids is 2. The number of phenols is 1. The van der Waals surface area contributed by atoms with Gasteiger partial charge in [-0.15, -0.1) is 0 Å². The van der Waals surface area contributed by atoms with Gasteiger partial charge < -0.3 is 20.1 Å². The fourth-order valence-electron chi connectivity index (χ4n) is 2.75. The standard InChI is InChI=1S/C18H26N2O4/c1-18(2,3)24-17(23)20-11-7-6-8-13(20)12-19-16(22)14-9-4-5-10-15(14)21/h4-5,9-10,13,21H,6-8,11-12H2,1-3H3,(H,19,22)/t13-/m0/s1. The molecule has 6 nitrogen and oxygen atoms in total. The van der Waals surface area contributed by atoms with Gasteiger partial charge in [-0.1, -0.05) is 12.1 Å². The van der Waals surface area contributed by atoms with Gasteiger partial charge in [-0.05, 0) is 52.2 Å². The molecule has 0 unspecified atom stereocenters. The highest BCUT2D eigenvalue weighted by Crippen LogP contribution is 2.21. The highest BCUT2D eigenvalue weighted by molar-refractivity contribution is 5.96. The number of hydrogen-bond donors (Lipinski definition) is 2. The van der Waals surface area contributed by atoms with E-state index in [1.165, 1.54) is 6.07 Å². The molecule has 2 amide bonds. The minimum absolute atomic E-state index is 0.0531. The van der Waals surface area contributed by atoms with Crippen molar-refractivity contribution < 1.29 is 19.4 Å². The van der Waals surface area contributed by atoms with Crippen molar-refractivity contribution in [1.29, 1.82) is 0 Å². The van der Waals surface area contributed by atoms with Crippen molar-refractivity contribution in [1.82, 2.24) is 10.2 Å². The number of carbonyl (C=O) groups is 2. The molecule has 1 fully saturated rings. The van der Waals surface area contributed by atoms with Gasteiger partial charge in [0, 0.05) is 13.1 Å². The quantitative estimate of drug-likeness (QED) is 0.891. The fourth-order valence-corrected chi connectivity index (χ4v) is 2.75. The van der Waals surface area contributed by atoms with Crippen LogP contribution in [0, 0.1) is 0 Å². The molecule has 0 saturated carbocycles. The third-order valence-electron chi connectivity index (χ3n) is 3.90. The molecular weight excluding hydrogens is 308 g/mol. The molecule has 0 radical (unpaired) electrons. The summed E-state index contributed by atoms with van der Waals surface area (Å²) in [6.45, 7) is 6.48. The largest absolute Gasteiger partial charge is 0.507 e. The Morgan fingerprint density at radius 2 is 2.00 bits per heavy atom. The maximum Gasteiger partial charge on any atom is 0.410 e. The second-order valence-corrected chi connectivity index (χ2v) is 7.05. The Morgan fingerprint density at radius 3 is 2.67 bits per heavy atom. The summed E-state index contributed by atoms with van der Waals surface area (Å²) in [7, 11) is 0. The molecule has 0 bridgehead atoms. The van der Waals surface area contributed by atoms with Gasteiger partial charge in [-0.25, -0.2) is 4.79 Å². The van der Waals surface area contributed by atoms with E-state index in [0.717, 1.165) is 19.3 Å². The zero-order valence-electron chi connectivity index (χ0n) is 14.5. The molecule has 2 rings (SSSR count). The number of rotatable bonds is 3. The summed E-state index contributed by atoms with van der Waals surface area (Å²) in [6.07, 6.45) is 2.42. The van der Waals surface area contributed by atoms with Gasteiger partial charge in [0.2, 0.25) is 0 Å². The van der Waals surface area contributed by atoms with E-state index in [4.69, 9.17) is 4.74 Å². The van der Waals surface area contributed by atoms with E-state index in [-0.39, 0.29) is 29.4 Å². The number of para-hydroxylation sites is 1. The Kier molecular flexibility index (Phi) is 5.70. The van der Waals surface area contributed by atoms with Crippen molar-refractivity contribution in [2.75, 3.05) is 13.1 Å². The van der Waals surface area contributed by atoms with Gasteiger partial charge in [-0.2, -0.15) is 0 Å². The topological polar surface area (TPSA) is 78.9 Å². The Balaban J connectivity index is 1.97. The van der Waals surface area contributed by atoms with E-state index in [2.05, 4.69) is 5.32 Å². The molecule has 132 valence electrons. The Labute approximate surface area is 142 Å². The van der Waals surface area contributed by atoms with Crippen LogP contribution in [0.1, 0.15) is 50.4 Å². The zero-order valence-corrected chi connectivity index (χ0v) is 14.5. The molecule has 2 N–H and O–H groups in total. The molecule has 1 atom stereocenters. The van der Waals surface area contributed by atoms with Gasteiger partial charge >= 0.3 is 6.09 Å². The molecular formula is C18H26N2O4. The smallest absolute Gasteiger partial charge is 0.410 e. The van der Waals surface area contributed by atoms with Crippen molar-refractivity contribution >= 4 is 12.0 Å². The first kappa shape index (κ1) is 18.1. The van der Waals surface area contributed by atoms with Crippen LogP contribution in [-0.4, -0.2) is 46.7 Å². The maximum absolute atomic E-state index is 12.3. The van der Waals surface area contributed by atoms with Gasteiger partial charge in [0.15, 0.2) is 0 Å². The molecule has 24 heavy (non-hydrogen) atoms. The number of piperidine rings is 1. The molecule has 1 aliphatic heterocycles. The first-order chi connectivity index (χ1) is 11.3. The molecule has 1 aliphatic rings. The van der Waals surface area contributed by atoms with Crippen LogP contribution in [0.2, 0.25) is 0 Å². The van der Waals surface area contributed by atoms with Gasteiger partial charge in [0.05, 0.1) is 11.6 Å². The second-order valence-electron chi connectivity index (χ2n) is 7.05. The van der Waals surface area contributed by atoms with Crippen LogP contribution in [0.15, 0.2) is 24.3 Å². The fraction of sp³-hybridized carbons (Fsp3) is 0.556. The number of amides is 2. The normalized spacial score (nSPS) is 18.1. The van der Waals surface area contributed by atoms with E-state index in [1.54, 1.807) is 23.1 Å². The van der Waals surface area contributed by atoms with Crippen molar-refractivity contribution in [2.45, 2.75) is 51.7 Å². The van der Waals surface area contributed by atoms with E-state index in [1.807, 2.05) is 20.8 Å². The molecule has 6 heteroatoms. The minimum atomic E-state index is -0.543. The number of likely N-dealkylation sites (tertiary alicyclic amines) is 1. The summed E-state index contributed by atoms with van der Waals surface area (Å²) in [5, 5.41) is 12.5. The lowest BCUT2D eigenvalue weighted by Crippen LogP contribution is -2.50. The average Bonchev–Trinajstić information content (AvgIpc) is 2.51.